The highest BCUT2D eigenvalue weighted by Gasteiger charge is 2.35. The molecule has 0 bridgehead atoms. The van der Waals surface area contributed by atoms with Gasteiger partial charge in [-0.25, -0.2) is 0 Å². The highest BCUT2D eigenvalue weighted by molar-refractivity contribution is 6.31. The van der Waals surface area contributed by atoms with Crippen molar-refractivity contribution in [1.29, 1.82) is 0 Å². The molecule has 2 heterocycles. The van der Waals surface area contributed by atoms with Crippen molar-refractivity contribution < 1.29 is 9.72 Å². The molecule has 0 fully saturated rings. The summed E-state index contributed by atoms with van der Waals surface area (Å²) in [6.45, 7) is 0. The number of benzene rings is 2. The van der Waals surface area contributed by atoms with Gasteiger partial charge in [0, 0.05) is 46.5 Å². The first kappa shape index (κ1) is 17.0. The van der Waals surface area contributed by atoms with Crippen molar-refractivity contribution in [1.82, 2.24) is 4.98 Å². The Balaban J connectivity index is 1.91. The second kappa shape index (κ2) is 6.69. The molecule has 27 heavy (non-hydrogen) atoms. The van der Waals surface area contributed by atoms with Crippen LogP contribution in [0, 0.1) is 10.1 Å². The van der Waals surface area contributed by atoms with Crippen LogP contribution in [0.2, 0.25) is 5.02 Å². The Morgan fingerprint density at radius 2 is 1.85 bits per heavy atom. The summed E-state index contributed by atoms with van der Waals surface area (Å²) in [5.74, 6) is -0.233. The number of halogens is 1. The van der Waals surface area contributed by atoms with Gasteiger partial charge in [0.2, 0.25) is 0 Å². The molecule has 1 aromatic heterocycles. The van der Waals surface area contributed by atoms with E-state index in [1.165, 1.54) is 23.1 Å². The molecule has 1 aliphatic heterocycles. The van der Waals surface area contributed by atoms with Crippen molar-refractivity contribution in [2.24, 2.45) is 0 Å². The fourth-order valence-corrected chi connectivity index (χ4v) is 3.32. The molecule has 4 rings (SSSR count). The van der Waals surface area contributed by atoms with Crippen molar-refractivity contribution in [3.8, 4) is 0 Å². The van der Waals surface area contributed by atoms with Crippen LogP contribution in [0.25, 0.3) is 0 Å². The highest BCUT2D eigenvalue weighted by atomic mass is 35.5. The van der Waals surface area contributed by atoms with Crippen LogP contribution in [-0.2, 0) is 0 Å². The molecule has 2 aromatic carbocycles. The average Bonchev–Trinajstić information content (AvgIpc) is 2.69. The third-order valence-electron chi connectivity index (χ3n) is 4.35. The van der Waals surface area contributed by atoms with Crippen molar-refractivity contribution in [3.63, 3.8) is 0 Å². The number of carbonyl (C=O) groups is 1. The maximum absolute atomic E-state index is 13.2. The zero-order valence-electron chi connectivity index (χ0n) is 13.9. The molecule has 0 radical (unpaired) electrons. The summed E-state index contributed by atoms with van der Waals surface area (Å²) in [6, 6.07) is 14.7. The minimum Gasteiger partial charge on any atom is -0.360 e. The van der Waals surface area contributed by atoms with E-state index >= 15 is 0 Å². The van der Waals surface area contributed by atoms with Gasteiger partial charge in [0.15, 0.2) is 0 Å². The number of para-hydroxylation sites is 1. The van der Waals surface area contributed by atoms with Crippen LogP contribution >= 0.6 is 11.6 Å². The van der Waals surface area contributed by atoms with Crippen LogP contribution in [0.5, 0.6) is 0 Å². The summed E-state index contributed by atoms with van der Waals surface area (Å²) in [6.07, 6.45) is 2.45. The number of anilines is 2. The van der Waals surface area contributed by atoms with Gasteiger partial charge in [0.25, 0.3) is 11.6 Å². The lowest BCUT2D eigenvalue weighted by atomic mass is 10.0. The molecule has 1 N–H and O–H groups in total. The molecule has 0 unspecified atom stereocenters. The fraction of sp³-hybridized carbons (Fsp3) is 0.0526. The maximum Gasteiger partial charge on any atom is 0.269 e. The number of fused-ring (bicyclic) bond motifs is 1. The Bertz CT molecular complexity index is 1040. The summed E-state index contributed by atoms with van der Waals surface area (Å²) in [7, 11) is 0. The van der Waals surface area contributed by atoms with Gasteiger partial charge in [-0.3, -0.25) is 24.8 Å². The third kappa shape index (κ3) is 2.98. The monoisotopic (exact) mass is 380 g/mol. The predicted octanol–water partition coefficient (Wildman–Crippen LogP) is 4.41. The molecule has 1 aliphatic rings. The number of rotatable bonds is 3. The summed E-state index contributed by atoms with van der Waals surface area (Å²) >= 11 is 6.35. The molecule has 134 valence electrons. The van der Waals surface area contributed by atoms with E-state index in [1.807, 2.05) is 6.07 Å². The minimum absolute atomic E-state index is 0.0998. The Hall–Kier alpha value is -3.45. The van der Waals surface area contributed by atoms with Crippen LogP contribution in [-0.4, -0.2) is 15.8 Å². The van der Waals surface area contributed by atoms with Crippen LogP contribution < -0.4 is 10.2 Å². The number of nitrogens with zero attached hydrogens (tertiary/aromatic N) is 3. The quantitative estimate of drug-likeness (QED) is 0.537. The first-order valence-corrected chi connectivity index (χ1v) is 8.47. The lowest BCUT2D eigenvalue weighted by molar-refractivity contribution is -0.384. The molecule has 1 amide bonds. The average molecular weight is 381 g/mol. The van der Waals surface area contributed by atoms with Gasteiger partial charge in [-0.2, -0.15) is 0 Å². The van der Waals surface area contributed by atoms with Gasteiger partial charge in [0.05, 0.1) is 10.5 Å². The molecule has 0 saturated heterocycles. The van der Waals surface area contributed by atoms with Gasteiger partial charge in [-0.1, -0.05) is 23.7 Å². The number of nitro benzene ring substituents is 1. The summed E-state index contributed by atoms with van der Waals surface area (Å²) in [5, 5.41) is 14.8. The smallest absolute Gasteiger partial charge is 0.269 e. The molecular formula is C19H13ClN4O3. The largest absolute Gasteiger partial charge is 0.360 e. The van der Waals surface area contributed by atoms with E-state index in [2.05, 4.69) is 10.3 Å². The number of non-ortho nitro benzene ring substituents is 1. The van der Waals surface area contributed by atoms with Crippen LogP contribution in [0.3, 0.4) is 0 Å². The number of nitrogens with one attached hydrogen (secondary N) is 1. The van der Waals surface area contributed by atoms with E-state index in [9.17, 15) is 14.9 Å². The van der Waals surface area contributed by atoms with Crippen LogP contribution in [0.15, 0.2) is 67.0 Å². The van der Waals surface area contributed by atoms with E-state index in [-0.39, 0.29) is 11.6 Å². The van der Waals surface area contributed by atoms with Gasteiger partial charge >= 0.3 is 0 Å². The predicted molar refractivity (Wildman–Crippen MR) is 102 cm³/mol. The number of hydrogen-bond acceptors (Lipinski definition) is 5. The lowest BCUT2D eigenvalue weighted by Crippen LogP contribution is -2.43. The van der Waals surface area contributed by atoms with E-state index in [0.29, 0.717) is 27.5 Å². The second-order valence-electron chi connectivity index (χ2n) is 5.94. The number of carbonyl (C=O) groups excluding carboxylic acids is 1. The Morgan fingerprint density at radius 3 is 2.59 bits per heavy atom. The number of pyridine rings is 1. The van der Waals surface area contributed by atoms with Crippen LogP contribution in [0.1, 0.15) is 22.1 Å². The van der Waals surface area contributed by atoms with Gasteiger partial charge < -0.3 is 5.32 Å². The van der Waals surface area contributed by atoms with E-state index in [1.54, 1.807) is 42.7 Å². The zero-order chi connectivity index (χ0) is 19.0. The Kier molecular flexibility index (Phi) is 4.21. The van der Waals surface area contributed by atoms with E-state index < -0.39 is 11.1 Å². The zero-order valence-corrected chi connectivity index (χ0v) is 14.6. The third-order valence-corrected chi connectivity index (χ3v) is 4.70. The molecule has 3 aromatic rings. The fourth-order valence-electron chi connectivity index (χ4n) is 3.10. The van der Waals surface area contributed by atoms with Gasteiger partial charge in [0.1, 0.15) is 6.17 Å². The molecule has 1 atom stereocenters. The van der Waals surface area contributed by atoms with Crippen molar-refractivity contribution in [3.05, 3.63) is 93.3 Å². The summed E-state index contributed by atoms with van der Waals surface area (Å²) in [4.78, 5) is 29.5. The molecule has 0 aliphatic carbocycles. The van der Waals surface area contributed by atoms with Crippen molar-refractivity contribution >= 4 is 34.6 Å². The first-order chi connectivity index (χ1) is 13.1. The molecule has 0 spiro atoms. The Morgan fingerprint density at radius 1 is 1.11 bits per heavy atom. The van der Waals surface area contributed by atoms with E-state index in [4.69, 9.17) is 11.6 Å². The Labute approximate surface area is 159 Å². The summed E-state index contributed by atoms with van der Waals surface area (Å²) in [5.41, 5.74) is 2.08. The SMILES string of the molecule is O=C1c2ccccc2N[C@H](c2cc([N+](=O)[O-])ccc2Cl)N1c1ccncc1. The van der Waals surface area contributed by atoms with Crippen LogP contribution in [0.4, 0.5) is 17.1 Å². The molecule has 8 heteroatoms. The minimum atomic E-state index is -0.706. The number of hydrogen-bond donors (Lipinski definition) is 1. The van der Waals surface area contributed by atoms with Gasteiger partial charge in [-0.15, -0.1) is 0 Å². The molecule has 7 nitrogen and oxygen atoms in total. The number of nitro groups is 1. The van der Waals surface area contributed by atoms with Crippen molar-refractivity contribution in [2.75, 3.05) is 10.2 Å². The number of amides is 1. The molecular weight excluding hydrogens is 368 g/mol. The topological polar surface area (TPSA) is 88.4 Å². The number of aromatic nitrogens is 1. The van der Waals surface area contributed by atoms with Gasteiger partial charge in [-0.05, 0) is 30.3 Å². The highest BCUT2D eigenvalue weighted by Crippen LogP contribution is 2.39. The second-order valence-corrected chi connectivity index (χ2v) is 6.34. The first-order valence-electron chi connectivity index (χ1n) is 8.09. The maximum atomic E-state index is 13.2. The summed E-state index contributed by atoms with van der Waals surface area (Å²) < 4.78 is 0. The van der Waals surface area contributed by atoms with E-state index in [0.717, 1.165) is 0 Å². The normalized spacial score (nSPS) is 15.8. The molecule has 0 saturated carbocycles. The van der Waals surface area contributed by atoms with Crippen molar-refractivity contribution in [2.45, 2.75) is 6.17 Å². The standard InChI is InChI=1S/C19H13ClN4O3/c20-16-6-5-13(24(26)27)11-15(16)18-22-17-4-2-1-3-14(17)19(25)23(18)12-7-9-21-10-8-12/h1-11,18,22H/t18-/m0/s1. The lowest BCUT2D eigenvalue weighted by Gasteiger charge is -2.38.